The van der Waals surface area contributed by atoms with Gasteiger partial charge in [0.05, 0.1) is 6.42 Å². The van der Waals surface area contributed by atoms with Crippen LogP contribution in [0.2, 0.25) is 0 Å². The maximum Gasteiger partial charge on any atom is 0.231 e. The van der Waals surface area contributed by atoms with Gasteiger partial charge in [0.2, 0.25) is 5.89 Å². The lowest BCUT2D eigenvalue weighted by Gasteiger charge is -2.04. The molecule has 1 atom stereocenters. The molecule has 1 N–H and O–H groups in total. The summed E-state index contributed by atoms with van der Waals surface area (Å²) in [4.78, 5) is 4.16. The summed E-state index contributed by atoms with van der Waals surface area (Å²) in [6.45, 7) is 1.99. The second-order valence-electron chi connectivity index (χ2n) is 4.41. The molecule has 0 aliphatic carbocycles. The van der Waals surface area contributed by atoms with Gasteiger partial charge >= 0.3 is 0 Å². The largest absolute Gasteiger partial charge is 0.339 e. The molecule has 2 aromatic rings. The maximum atomic E-state index is 13.5. The van der Waals surface area contributed by atoms with E-state index in [1.165, 1.54) is 0 Å². The van der Waals surface area contributed by atoms with Crippen molar-refractivity contribution in [2.75, 3.05) is 7.05 Å². The van der Waals surface area contributed by atoms with Gasteiger partial charge in [0.15, 0.2) is 5.82 Å². The topological polar surface area (TPSA) is 51.0 Å². The highest BCUT2D eigenvalue weighted by atomic mass is 35.5. The molecule has 1 heterocycles. The minimum Gasteiger partial charge on any atom is -0.339 e. The molecule has 0 bridgehead atoms. The van der Waals surface area contributed by atoms with Gasteiger partial charge in [-0.3, -0.25) is 0 Å². The van der Waals surface area contributed by atoms with E-state index in [4.69, 9.17) is 4.52 Å². The maximum absolute atomic E-state index is 13.5. The lowest BCUT2D eigenvalue weighted by molar-refractivity contribution is 0.375. The predicted octanol–water partition coefficient (Wildman–Crippen LogP) is 2.51. The van der Waals surface area contributed by atoms with Crippen molar-refractivity contribution in [2.24, 2.45) is 0 Å². The van der Waals surface area contributed by atoms with Gasteiger partial charge in [0.25, 0.3) is 0 Å². The Balaban J connectivity index is 0.00000200. The molecular weight excluding hydrogens is 288 g/mol. The first-order valence-electron chi connectivity index (χ1n) is 6.01. The molecule has 0 radical (unpaired) electrons. The Hall–Kier alpha value is -1.53. The quantitative estimate of drug-likeness (QED) is 0.922. The van der Waals surface area contributed by atoms with Crippen LogP contribution >= 0.6 is 12.4 Å². The first-order chi connectivity index (χ1) is 9.08. The summed E-state index contributed by atoms with van der Waals surface area (Å²) < 4.78 is 31.5. The monoisotopic (exact) mass is 303 g/mol. The molecule has 2 rings (SSSR count). The second-order valence-corrected chi connectivity index (χ2v) is 4.41. The molecule has 0 saturated carbocycles. The van der Waals surface area contributed by atoms with Gasteiger partial charge in [-0.1, -0.05) is 5.16 Å². The summed E-state index contributed by atoms with van der Waals surface area (Å²) in [6.07, 6.45) is 0.705. The average molecular weight is 304 g/mol. The molecular formula is C13H16ClF2N3O. The Morgan fingerprint density at radius 2 is 2.10 bits per heavy atom. The first-order valence-corrected chi connectivity index (χ1v) is 6.01. The Labute approximate surface area is 122 Å². The van der Waals surface area contributed by atoms with Crippen LogP contribution < -0.4 is 5.32 Å². The highest BCUT2D eigenvalue weighted by Crippen LogP contribution is 2.14. The highest BCUT2D eigenvalue weighted by Gasteiger charge is 2.12. The number of hydrogen-bond donors (Lipinski definition) is 1. The van der Waals surface area contributed by atoms with Crippen molar-refractivity contribution in [1.29, 1.82) is 0 Å². The SMILES string of the molecule is CNC(C)Cc1noc(Cc2cc(F)ccc2F)n1.Cl. The molecule has 0 fully saturated rings. The number of hydrogen-bond acceptors (Lipinski definition) is 4. The zero-order valence-electron chi connectivity index (χ0n) is 11.2. The van der Waals surface area contributed by atoms with Crippen LogP contribution in [0.3, 0.4) is 0 Å². The summed E-state index contributed by atoms with van der Waals surface area (Å²) in [5, 5.41) is 6.87. The van der Waals surface area contributed by atoms with E-state index in [1.807, 2.05) is 14.0 Å². The number of rotatable bonds is 5. The highest BCUT2D eigenvalue weighted by molar-refractivity contribution is 5.85. The fraction of sp³-hybridized carbons (Fsp3) is 0.385. The van der Waals surface area contributed by atoms with Crippen LogP contribution in [0, 0.1) is 11.6 Å². The van der Waals surface area contributed by atoms with Crippen molar-refractivity contribution < 1.29 is 13.3 Å². The average Bonchev–Trinajstić information content (AvgIpc) is 2.81. The first kappa shape index (κ1) is 16.5. The van der Waals surface area contributed by atoms with Crippen LogP contribution in [0.15, 0.2) is 22.7 Å². The standard InChI is InChI=1S/C13H15F2N3O.ClH/c1-8(16-2)5-12-17-13(19-18-12)7-9-6-10(14)3-4-11(9)15;/h3-4,6,8,16H,5,7H2,1-2H3;1H. The number of benzene rings is 1. The molecule has 4 nitrogen and oxygen atoms in total. The Kier molecular flexibility index (Phi) is 6.04. The van der Waals surface area contributed by atoms with Crippen molar-refractivity contribution in [3.8, 4) is 0 Å². The molecule has 0 spiro atoms. The van der Waals surface area contributed by atoms with Crippen LogP contribution in [-0.2, 0) is 12.8 Å². The lowest BCUT2D eigenvalue weighted by Crippen LogP contribution is -2.24. The smallest absolute Gasteiger partial charge is 0.231 e. The third kappa shape index (κ3) is 4.25. The van der Waals surface area contributed by atoms with E-state index in [0.717, 1.165) is 18.2 Å². The Bertz CT molecular complexity index is 562. The van der Waals surface area contributed by atoms with Gasteiger partial charge in [-0.15, -0.1) is 12.4 Å². The molecule has 110 valence electrons. The summed E-state index contributed by atoms with van der Waals surface area (Å²) in [6, 6.07) is 3.52. The Morgan fingerprint density at radius 3 is 2.80 bits per heavy atom. The molecule has 0 aliphatic heterocycles. The van der Waals surface area contributed by atoms with Gasteiger partial charge in [0.1, 0.15) is 11.6 Å². The van der Waals surface area contributed by atoms with Crippen LogP contribution in [-0.4, -0.2) is 23.2 Å². The van der Waals surface area contributed by atoms with Crippen molar-refractivity contribution >= 4 is 12.4 Å². The van der Waals surface area contributed by atoms with E-state index >= 15 is 0 Å². The van der Waals surface area contributed by atoms with Gasteiger partial charge in [0, 0.05) is 18.0 Å². The van der Waals surface area contributed by atoms with Crippen LogP contribution in [0.1, 0.15) is 24.2 Å². The minimum atomic E-state index is -0.486. The number of halogens is 3. The molecule has 1 unspecified atom stereocenters. The minimum absolute atomic E-state index is 0. The number of aromatic nitrogens is 2. The fourth-order valence-corrected chi connectivity index (χ4v) is 1.66. The van der Waals surface area contributed by atoms with Crippen LogP contribution in [0.5, 0.6) is 0 Å². The van der Waals surface area contributed by atoms with E-state index in [0.29, 0.717) is 12.2 Å². The molecule has 0 amide bonds. The zero-order valence-corrected chi connectivity index (χ0v) is 12.0. The third-order valence-corrected chi connectivity index (χ3v) is 2.84. The summed E-state index contributed by atoms with van der Waals surface area (Å²) in [7, 11) is 1.84. The molecule has 1 aromatic heterocycles. The summed E-state index contributed by atoms with van der Waals surface area (Å²) in [5.74, 6) is -0.138. The van der Waals surface area contributed by atoms with Crippen molar-refractivity contribution in [1.82, 2.24) is 15.5 Å². The van der Waals surface area contributed by atoms with Gasteiger partial charge in [-0.2, -0.15) is 4.98 Å². The zero-order chi connectivity index (χ0) is 13.8. The Morgan fingerprint density at radius 1 is 1.35 bits per heavy atom. The second kappa shape index (κ2) is 7.31. The predicted molar refractivity (Wildman–Crippen MR) is 72.9 cm³/mol. The third-order valence-electron chi connectivity index (χ3n) is 2.84. The van der Waals surface area contributed by atoms with Crippen molar-refractivity contribution in [2.45, 2.75) is 25.8 Å². The van der Waals surface area contributed by atoms with Crippen molar-refractivity contribution in [3.63, 3.8) is 0 Å². The van der Waals surface area contributed by atoms with E-state index in [-0.39, 0.29) is 36.3 Å². The summed E-state index contributed by atoms with van der Waals surface area (Å²) >= 11 is 0. The molecule has 0 saturated heterocycles. The molecule has 20 heavy (non-hydrogen) atoms. The number of likely N-dealkylation sites (N-methyl/N-ethyl adjacent to an activating group) is 1. The molecule has 7 heteroatoms. The number of nitrogens with one attached hydrogen (secondary N) is 1. The van der Waals surface area contributed by atoms with Crippen molar-refractivity contribution in [3.05, 3.63) is 47.1 Å². The molecule has 0 aliphatic rings. The summed E-state index contributed by atoms with van der Waals surface area (Å²) in [5.41, 5.74) is 0.205. The van der Waals surface area contributed by atoms with E-state index in [1.54, 1.807) is 0 Å². The number of nitrogens with zero attached hydrogens (tertiary/aromatic N) is 2. The van der Waals surface area contributed by atoms with Crippen LogP contribution in [0.25, 0.3) is 0 Å². The van der Waals surface area contributed by atoms with E-state index in [9.17, 15) is 8.78 Å². The lowest BCUT2D eigenvalue weighted by atomic mass is 10.1. The van der Waals surface area contributed by atoms with E-state index in [2.05, 4.69) is 15.5 Å². The van der Waals surface area contributed by atoms with Gasteiger partial charge in [-0.05, 0) is 32.2 Å². The molecule has 1 aromatic carbocycles. The van der Waals surface area contributed by atoms with Crippen LogP contribution in [0.4, 0.5) is 8.78 Å². The van der Waals surface area contributed by atoms with Gasteiger partial charge in [-0.25, -0.2) is 8.78 Å². The fourth-order valence-electron chi connectivity index (χ4n) is 1.66. The normalized spacial score (nSPS) is 12.0. The van der Waals surface area contributed by atoms with E-state index < -0.39 is 11.6 Å². The van der Waals surface area contributed by atoms with Gasteiger partial charge < -0.3 is 9.84 Å².